The van der Waals surface area contributed by atoms with Gasteiger partial charge >= 0.3 is 0 Å². The average molecular weight is 386 g/mol. The monoisotopic (exact) mass is 386 g/mol. The van der Waals surface area contributed by atoms with Crippen LogP contribution in [0.15, 0.2) is 72.0 Å². The summed E-state index contributed by atoms with van der Waals surface area (Å²) in [6.45, 7) is 5.62. The summed E-state index contributed by atoms with van der Waals surface area (Å²) in [5.41, 5.74) is 6.80. The van der Waals surface area contributed by atoms with E-state index in [1.54, 1.807) is 13.1 Å². The molecule has 0 saturated carbocycles. The molecule has 29 heavy (non-hydrogen) atoms. The molecule has 2 aromatic carbocycles. The predicted octanol–water partition coefficient (Wildman–Crippen LogP) is 5.23. The Kier molecular flexibility index (Phi) is 6.55. The number of hydrogen-bond donors (Lipinski definition) is 1. The first-order valence-corrected chi connectivity index (χ1v) is 9.75. The Bertz CT molecular complexity index is 1040. The second-order valence-electron chi connectivity index (χ2n) is 7.47. The molecule has 0 amide bonds. The van der Waals surface area contributed by atoms with Crippen LogP contribution in [0.2, 0.25) is 0 Å². The van der Waals surface area contributed by atoms with E-state index in [4.69, 9.17) is 0 Å². The van der Waals surface area contributed by atoms with E-state index in [0.29, 0.717) is 18.6 Å². The summed E-state index contributed by atoms with van der Waals surface area (Å²) in [6.07, 6.45) is 2.68. The number of carbonyl (C=O) groups excluding carboxylic acids is 1. The first-order chi connectivity index (χ1) is 14.0. The summed E-state index contributed by atoms with van der Waals surface area (Å²) in [5.74, 6) is 0.141. The zero-order valence-electron chi connectivity index (χ0n) is 17.1. The van der Waals surface area contributed by atoms with Gasteiger partial charge < -0.3 is 5.21 Å². The number of carbonyl (C=O) groups is 1. The number of pyridine rings is 1. The fourth-order valence-electron chi connectivity index (χ4n) is 3.73. The Morgan fingerprint density at radius 3 is 2.55 bits per heavy atom. The molecule has 0 aliphatic heterocycles. The van der Waals surface area contributed by atoms with Crippen LogP contribution in [0.1, 0.15) is 52.8 Å². The molecule has 1 N–H and O–H groups in total. The predicted molar refractivity (Wildman–Crippen MR) is 116 cm³/mol. The molecule has 0 bridgehead atoms. The van der Waals surface area contributed by atoms with E-state index in [0.717, 1.165) is 22.4 Å². The van der Waals surface area contributed by atoms with Gasteiger partial charge in [0.1, 0.15) is 5.78 Å². The third-order valence-corrected chi connectivity index (χ3v) is 5.12. The smallest absolute Gasteiger partial charge is 0.134 e. The van der Waals surface area contributed by atoms with Gasteiger partial charge in [0.2, 0.25) is 0 Å². The van der Waals surface area contributed by atoms with E-state index < -0.39 is 0 Å². The molecule has 1 aromatic heterocycles. The Balaban J connectivity index is 2.05. The fourth-order valence-corrected chi connectivity index (χ4v) is 3.73. The van der Waals surface area contributed by atoms with Crippen LogP contribution in [-0.4, -0.2) is 21.7 Å². The minimum absolute atomic E-state index is 0.00230. The molecule has 1 heterocycles. The molecular weight excluding hydrogens is 360 g/mol. The zero-order chi connectivity index (χ0) is 20.8. The van der Waals surface area contributed by atoms with E-state index >= 15 is 0 Å². The maximum atomic E-state index is 11.6. The van der Waals surface area contributed by atoms with Crippen molar-refractivity contribution >= 4 is 11.5 Å². The van der Waals surface area contributed by atoms with Crippen molar-refractivity contribution in [3.8, 4) is 0 Å². The summed E-state index contributed by atoms with van der Waals surface area (Å²) in [4.78, 5) is 15.8. The number of nitrogens with zero attached hydrogens (tertiary/aromatic N) is 2. The van der Waals surface area contributed by atoms with Crippen molar-refractivity contribution < 1.29 is 10.0 Å². The zero-order valence-corrected chi connectivity index (χ0v) is 17.1. The van der Waals surface area contributed by atoms with Crippen LogP contribution in [-0.2, 0) is 11.2 Å². The topological polar surface area (TPSA) is 62.5 Å². The second-order valence-corrected chi connectivity index (χ2v) is 7.47. The minimum Gasteiger partial charge on any atom is -0.411 e. The minimum atomic E-state index is 0.00230. The highest BCUT2D eigenvalue weighted by Crippen LogP contribution is 2.32. The SMILES string of the molecule is CC(=O)Cc1cccc(C(C/C(=N\O)c2ccnc(C)c2)c2ccccc2C)c1. The van der Waals surface area contributed by atoms with Gasteiger partial charge in [-0.1, -0.05) is 53.7 Å². The van der Waals surface area contributed by atoms with Crippen LogP contribution in [0, 0.1) is 13.8 Å². The lowest BCUT2D eigenvalue weighted by Gasteiger charge is -2.21. The first-order valence-electron chi connectivity index (χ1n) is 9.75. The number of hydrogen-bond acceptors (Lipinski definition) is 4. The number of aromatic nitrogens is 1. The number of aryl methyl sites for hydroxylation is 2. The highest BCUT2D eigenvalue weighted by Gasteiger charge is 2.21. The molecule has 148 valence electrons. The molecule has 4 heteroatoms. The number of Topliss-reactive ketones (excluding diaryl/α,β-unsaturated/α-hetero) is 1. The third-order valence-electron chi connectivity index (χ3n) is 5.12. The van der Waals surface area contributed by atoms with Crippen LogP contribution < -0.4 is 0 Å². The molecule has 0 spiro atoms. The molecule has 1 unspecified atom stereocenters. The molecule has 0 aliphatic carbocycles. The Hall–Kier alpha value is -3.27. The molecule has 0 aliphatic rings. The van der Waals surface area contributed by atoms with Gasteiger partial charge in [0, 0.05) is 36.2 Å². The molecular formula is C25H26N2O2. The van der Waals surface area contributed by atoms with Crippen molar-refractivity contribution in [1.29, 1.82) is 0 Å². The molecule has 4 nitrogen and oxygen atoms in total. The summed E-state index contributed by atoms with van der Waals surface area (Å²) in [5, 5.41) is 13.4. The van der Waals surface area contributed by atoms with Crippen molar-refractivity contribution in [2.45, 2.75) is 39.5 Å². The van der Waals surface area contributed by atoms with Crippen molar-refractivity contribution in [1.82, 2.24) is 4.98 Å². The Morgan fingerprint density at radius 2 is 1.86 bits per heavy atom. The summed E-state index contributed by atoms with van der Waals surface area (Å²) >= 11 is 0. The van der Waals surface area contributed by atoms with Gasteiger partial charge in [-0.05, 0) is 55.2 Å². The lowest BCUT2D eigenvalue weighted by Crippen LogP contribution is -2.12. The molecule has 3 aromatic rings. The third kappa shape index (κ3) is 5.17. The van der Waals surface area contributed by atoms with E-state index in [-0.39, 0.29) is 11.7 Å². The number of rotatable bonds is 7. The second kappa shape index (κ2) is 9.28. The summed E-state index contributed by atoms with van der Waals surface area (Å²) in [7, 11) is 0. The van der Waals surface area contributed by atoms with E-state index in [1.807, 2.05) is 43.3 Å². The van der Waals surface area contributed by atoms with E-state index in [1.165, 1.54) is 11.1 Å². The maximum Gasteiger partial charge on any atom is 0.134 e. The summed E-state index contributed by atoms with van der Waals surface area (Å²) in [6, 6.07) is 20.2. The maximum absolute atomic E-state index is 11.6. The van der Waals surface area contributed by atoms with Gasteiger partial charge in [0.15, 0.2) is 0 Å². The highest BCUT2D eigenvalue weighted by molar-refractivity contribution is 6.01. The number of ketones is 1. The van der Waals surface area contributed by atoms with Crippen molar-refractivity contribution in [2.75, 3.05) is 0 Å². The van der Waals surface area contributed by atoms with Gasteiger partial charge in [0.05, 0.1) is 5.71 Å². The Labute approximate surface area is 171 Å². The average Bonchev–Trinajstić information content (AvgIpc) is 2.69. The summed E-state index contributed by atoms with van der Waals surface area (Å²) < 4.78 is 0. The molecule has 0 radical (unpaired) electrons. The van der Waals surface area contributed by atoms with Gasteiger partial charge in [-0.3, -0.25) is 9.78 Å². The molecule has 1 atom stereocenters. The van der Waals surface area contributed by atoms with Gasteiger partial charge in [-0.25, -0.2) is 0 Å². The Morgan fingerprint density at radius 1 is 1.07 bits per heavy atom. The fraction of sp³-hybridized carbons (Fsp3) is 0.240. The quantitative estimate of drug-likeness (QED) is 0.343. The van der Waals surface area contributed by atoms with Crippen molar-refractivity contribution in [2.24, 2.45) is 5.16 Å². The van der Waals surface area contributed by atoms with Crippen molar-refractivity contribution in [3.63, 3.8) is 0 Å². The molecule has 0 fully saturated rings. The largest absolute Gasteiger partial charge is 0.411 e. The highest BCUT2D eigenvalue weighted by atomic mass is 16.4. The van der Waals surface area contributed by atoms with E-state index in [2.05, 4.69) is 41.3 Å². The lowest BCUT2D eigenvalue weighted by molar-refractivity contribution is -0.116. The van der Waals surface area contributed by atoms with Crippen LogP contribution in [0.25, 0.3) is 0 Å². The number of benzene rings is 2. The lowest BCUT2D eigenvalue weighted by atomic mass is 9.83. The van der Waals surface area contributed by atoms with Gasteiger partial charge in [-0.15, -0.1) is 0 Å². The van der Waals surface area contributed by atoms with Crippen LogP contribution in [0.3, 0.4) is 0 Å². The molecule has 3 rings (SSSR count). The van der Waals surface area contributed by atoms with Gasteiger partial charge in [-0.2, -0.15) is 0 Å². The van der Waals surface area contributed by atoms with Crippen LogP contribution in [0.5, 0.6) is 0 Å². The van der Waals surface area contributed by atoms with Crippen LogP contribution >= 0.6 is 0 Å². The standard InChI is InChI=1S/C25H26N2O2/c1-17-7-4-5-10-23(17)24(21-9-6-8-20(15-21)14-19(3)28)16-25(27-29)22-11-12-26-18(2)13-22/h4-13,15,24,29H,14,16H2,1-3H3/b27-25+. The van der Waals surface area contributed by atoms with Crippen LogP contribution in [0.4, 0.5) is 0 Å². The van der Waals surface area contributed by atoms with E-state index in [9.17, 15) is 10.0 Å². The number of oxime groups is 1. The van der Waals surface area contributed by atoms with Gasteiger partial charge in [0.25, 0.3) is 0 Å². The van der Waals surface area contributed by atoms with Crippen molar-refractivity contribution in [3.05, 3.63) is 100 Å². The first kappa shape index (κ1) is 20.5. The molecule has 0 saturated heterocycles. The normalized spacial score (nSPS) is 12.6.